The predicted octanol–water partition coefficient (Wildman–Crippen LogP) is 0.476. The fraction of sp³-hybridized carbons (Fsp3) is 0.455. The second kappa shape index (κ2) is 8.02. The minimum Gasteiger partial charge on any atom is -0.508 e. The van der Waals surface area contributed by atoms with E-state index in [1.54, 1.807) is 0 Å². The molecule has 0 aliphatic carbocycles. The van der Waals surface area contributed by atoms with Crippen LogP contribution in [0.5, 0.6) is 11.5 Å². The lowest BCUT2D eigenvalue weighted by molar-refractivity contribution is 0.237. The highest BCUT2D eigenvalue weighted by molar-refractivity contribution is 7.79. The quantitative estimate of drug-likeness (QED) is 0.440. The van der Waals surface area contributed by atoms with E-state index in [9.17, 15) is 15.3 Å². The van der Waals surface area contributed by atoms with Gasteiger partial charge in [0.15, 0.2) is 0 Å². The van der Waals surface area contributed by atoms with Gasteiger partial charge < -0.3 is 20.6 Å². The van der Waals surface area contributed by atoms with Gasteiger partial charge in [0.25, 0.3) is 0 Å². The van der Waals surface area contributed by atoms with E-state index in [4.69, 9.17) is 17.5 Å². The van der Waals surface area contributed by atoms with E-state index in [-0.39, 0.29) is 30.2 Å². The number of phenolic OH excluding ortho intramolecular Hbond substituents is 2. The van der Waals surface area contributed by atoms with Crippen LogP contribution in [0.25, 0.3) is 0 Å². The van der Waals surface area contributed by atoms with Gasteiger partial charge >= 0.3 is 10.4 Å². The van der Waals surface area contributed by atoms with Crippen LogP contribution in [0, 0.1) is 0 Å². The van der Waals surface area contributed by atoms with Crippen molar-refractivity contribution in [3.63, 3.8) is 0 Å². The first-order valence-corrected chi connectivity index (χ1v) is 7.02. The molecule has 0 aliphatic heterocycles. The van der Waals surface area contributed by atoms with E-state index in [0.717, 1.165) is 0 Å². The van der Waals surface area contributed by atoms with Crippen LogP contribution in [0.3, 0.4) is 0 Å². The molecule has 0 aliphatic rings. The van der Waals surface area contributed by atoms with Gasteiger partial charge in [-0.2, -0.15) is 8.42 Å². The lowest BCUT2D eigenvalue weighted by Crippen LogP contribution is -2.30. The van der Waals surface area contributed by atoms with Crippen LogP contribution < -0.4 is 5.32 Å². The van der Waals surface area contributed by atoms with Gasteiger partial charge in [-0.3, -0.25) is 9.11 Å². The smallest absolute Gasteiger partial charge is 0.394 e. The van der Waals surface area contributed by atoms with Crippen molar-refractivity contribution in [3.8, 4) is 11.5 Å². The van der Waals surface area contributed by atoms with Gasteiger partial charge in [-0.25, -0.2) is 0 Å². The van der Waals surface area contributed by atoms with Crippen LogP contribution in [0.1, 0.15) is 25.5 Å². The second-order valence-corrected chi connectivity index (χ2v) is 5.18. The Balaban J connectivity index is 0.000000621. The number of aromatic hydroxyl groups is 2. The number of nitrogens with one attached hydrogen (secondary N) is 1. The number of aliphatic hydroxyl groups is 1. The Morgan fingerprint density at radius 2 is 1.50 bits per heavy atom. The Labute approximate surface area is 117 Å². The highest BCUT2D eigenvalue weighted by Gasteiger charge is 2.12. The van der Waals surface area contributed by atoms with Crippen molar-refractivity contribution < 1.29 is 32.8 Å². The molecule has 0 radical (unpaired) electrons. The molecule has 0 saturated heterocycles. The maximum atomic E-state index is 9.30. The molecule has 0 spiro atoms. The largest absolute Gasteiger partial charge is 0.508 e. The van der Waals surface area contributed by atoms with E-state index in [0.29, 0.717) is 5.56 Å². The maximum Gasteiger partial charge on any atom is 0.394 e. The van der Waals surface area contributed by atoms with E-state index < -0.39 is 10.4 Å². The Morgan fingerprint density at radius 3 is 1.80 bits per heavy atom. The Morgan fingerprint density at radius 1 is 1.10 bits per heavy atom. The molecule has 9 heteroatoms. The Bertz CT molecular complexity index is 487. The molecule has 1 aromatic rings. The molecule has 20 heavy (non-hydrogen) atoms. The second-order valence-electron chi connectivity index (χ2n) is 4.29. The third kappa shape index (κ3) is 9.53. The first-order chi connectivity index (χ1) is 9.02. The minimum atomic E-state index is -4.67. The van der Waals surface area contributed by atoms with Gasteiger partial charge in [0.2, 0.25) is 0 Å². The summed E-state index contributed by atoms with van der Waals surface area (Å²) in [6, 6.07) is 4.24. The summed E-state index contributed by atoms with van der Waals surface area (Å²) in [6.07, 6.45) is 0. The zero-order valence-electron chi connectivity index (χ0n) is 11.1. The third-order valence-corrected chi connectivity index (χ3v) is 2.04. The highest BCUT2D eigenvalue weighted by atomic mass is 32.3. The summed E-state index contributed by atoms with van der Waals surface area (Å²) in [4.78, 5) is 0. The standard InChI is InChI=1S/C11H17NO3.H2O4S/c1-7(2)12-11(6-13)8-3-9(14)5-10(15)4-8;1-5(2,3)4/h3-5,7,11-15H,6H2,1-2H3;(H2,1,2,3,4). The van der Waals surface area contributed by atoms with Crippen molar-refractivity contribution in [2.45, 2.75) is 25.9 Å². The van der Waals surface area contributed by atoms with Gasteiger partial charge in [-0.05, 0) is 17.7 Å². The molecule has 0 heterocycles. The van der Waals surface area contributed by atoms with Crippen LogP contribution in [0.15, 0.2) is 18.2 Å². The summed E-state index contributed by atoms with van der Waals surface area (Å²) in [6.45, 7) is 3.84. The summed E-state index contributed by atoms with van der Waals surface area (Å²) in [5, 5.41) is 30.9. The molecule has 1 rings (SSSR count). The van der Waals surface area contributed by atoms with Crippen molar-refractivity contribution in [1.82, 2.24) is 5.32 Å². The first kappa shape index (κ1) is 18.6. The van der Waals surface area contributed by atoms with Crippen LogP contribution >= 0.6 is 0 Å². The molecule has 116 valence electrons. The molecular formula is C11H19NO7S. The average molecular weight is 309 g/mol. The summed E-state index contributed by atoms with van der Waals surface area (Å²) in [5.74, 6) is -0.0111. The van der Waals surface area contributed by atoms with Gasteiger partial charge in [0, 0.05) is 12.1 Å². The van der Waals surface area contributed by atoms with Crippen molar-refractivity contribution in [1.29, 1.82) is 0 Å². The number of aliphatic hydroxyl groups excluding tert-OH is 1. The molecule has 6 N–H and O–H groups in total. The van der Waals surface area contributed by atoms with Gasteiger partial charge in [-0.1, -0.05) is 13.8 Å². The highest BCUT2D eigenvalue weighted by Crippen LogP contribution is 2.24. The van der Waals surface area contributed by atoms with Crippen molar-refractivity contribution in [2.24, 2.45) is 0 Å². The predicted molar refractivity (Wildman–Crippen MR) is 72.0 cm³/mol. The van der Waals surface area contributed by atoms with E-state index in [1.807, 2.05) is 13.8 Å². The molecule has 0 aromatic heterocycles. The normalized spacial score (nSPS) is 12.7. The Kier molecular flexibility index (Phi) is 7.46. The monoisotopic (exact) mass is 309 g/mol. The van der Waals surface area contributed by atoms with E-state index in [1.165, 1.54) is 18.2 Å². The van der Waals surface area contributed by atoms with Crippen molar-refractivity contribution >= 4 is 10.4 Å². The molecule has 0 fully saturated rings. The lowest BCUT2D eigenvalue weighted by Gasteiger charge is -2.19. The van der Waals surface area contributed by atoms with Gasteiger partial charge in [0.1, 0.15) is 11.5 Å². The van der Waals surface area contributed by atoms with E-state index >= 15 is 0 Å². The molecule has 1 aromatic carbocycles. The Hall–Kier alpha value is -1.39. The summed E-state index contributed by atoms with van der Waals surface area (Å²) in [7, 11) is -4.67. The van der Waals surface area contributed by atoms with Crippen molar-refractivity contribution in [3.05, 3.63) is 23.8 Å². The molecule has 8 nitrogen and oxygen atoms in total. The van der Waals surface area contributed by atoms with Crippen LogP contribution in [0.4, 0.5) is 0 Å². The summed E-state index contributed by atoms with van der Waals surface area (Å²) >= 11 is 0. The van der Waals surface area contributed by atoms with Gasteiger partial charge in [-0.15, -0.1) is 0 Å². The number of rotatable bonds is 4. The van der Waals surface area contributed by atoms with Crippen LogP contribution in [-0.2, 0) is 10.4 Å². The topological polar surface area (TPSA) is 147 Å². The zero-order valence-corrected chi connectivity index (χ0v) is 11.9. The zero-order chi connectivity index (χ0) is 15.9. The SMILES string of the molecule is CC(C)NC(CO)c1cc(O)cc(O)c1.O=S(=O)(O)O. The van der Waals surface area contributed by atoms with Crippen LogP contribution in [-0.4, -0.2) is 45.5 Å². The molecule has 1 atom stereocenters. The molecule has 0 bridgehead atoms. The maximum absolute atomic E-state index is 9.30. The number of phenols is 2. The molecule has 0 saturated carbocycles. The lowest BCUT2D eigenvalue weighted by atomic mass is 10.1. The minimum absolute atomic E-state index is 0.00555. The number of benzene rings is 1. The fourth-order valence-corrected chi connectivity index (χ4v) is 1.48. The first-order valence-electron chi connectivity index (χ1n) is 5.62. The number of hydrogen-bond donors (Lipinski definition) is 6. The summed E-state index contributed by atoms with van der Waals surface area (Å²) < 4.78 is 31.6. The average Bonchev–Trinajstić information content (AvgIpc) is 2.21. The molecule has 0 amide bonds. The van der Waals surface area contributed by atoms with Crippen LogP contribution in [0.2, 0.25) is 0 Å². The van der Waals surface area contributed by atoms with E-state index in [2.05, 4.69) is 5.32 Å². The van der Waals surface area contributed by atoms with Gasteiger partial charge in [0.05, 0.1) is 12.6 Å². The van der Waals surface area contributed by atoms with Crippen molar-refractivity contribution in [2.75, 3.05) is 6.61 Å². The molecule has 1 unspecified atom stereocenters. The molecular weight excluding hydrogens is 290 g/mol. The fourth-order valence-electron chi connectivity index (χ4n) is 1.48. The number of hydrogen-bond acceptors (Lipinski definition) is 6. The third-order valence-electron chi connectivity index (χ3n) is 2.04. The summed E-state index contributed by atoms with van der Waals surface area (Å²) in [5.41, 5.74) is 0.670.